The number of halogens is 3. The SMILES string of the molecule is CCc1nnc2c(N3CC(N(C)c4cc(C(F)(F)F)nc(C)n4)C3)nccn12. The van der Waals surface area contributed by atoms with Crippen molar-refractivity contribution in [1.29, 1.82) is 0 Å². The molecule has 0 bridgehead atoms. The minimum absolute atomic E-state index is 0.00556. The van der Waals surface area contributed by atoms with E-state index in [0.717, 1.165) is 18.3 Å². The van der Waals surface area contributed by atoms with E-state index >= 15 is 0 Å². The van der Waals surface area contributed by atoms with Gasteiger partial charge in [0.15, 0.2) is 5.82 Å². The lowest BCUT2D eigenvalue weighted by Crippen LogP contribution is -2.59. The van der Waals surface area contributed by atoms with Crippen LogP contribution in [0.1, 0.15) is 24.3 Å². The number of likely N-dealkylation sites (N-methyl/N-ethyl adjacent to an activating group) is 1. The molecular formula is C17H19F3N8. The highest BCUT2D eigenvalue weighted by Crippen LogP contribution is 2.31. The molecule has 1 aliphatic heterocycles. The first-order valence-electron chi connectivity index (χ1n) is 8.87. The maximum atomic E-state index is 13.0. The van der Waals surface area contributed by atoms with Gasteiger partial charge in [-0.05, 0) is 6.92 Å². The molecule has 0 aromatic carbocycles. The Kier molecular flexibility index (Phi) is 4.31. The summed E-state index contributed by atoms with van der Waals surface area (Å²) in [5.74, 6) is 1.92. The third-order valence-electron chi connectivity index (χ3n) is 4.88. The molecule has 8 nitrogen and oxygen atoms in total. The molecule has 0 spiro atoms. The standard InChI is InChI=1S/C17H19F3N8/c1-4-13-24-25-16-15(21-5-6-28(13)16)27-8-11(9-27)26(3)14-7-12(17(18,19)20)22-10(2)23-14/h5-7,11H,4,8-9H2,1-3H3. The second-order valence-electron chi connectivity index (χ2n) is 6.74. The summed E-state index contributed by atoms with van der Waals surface area (Å²) in [4.78, 5) is 15.9. The summed E-state index contributed by atoms with van der Waals surface area (Å²) in [6.45, 7) is 4.66. The molecule has 1 saturated heterocycles. The summed E-state index contributed by atoms with van der Waals surface area (Å²) in [6, 6.07) is 0.992. The molecule has 4 heterocycles. The smallest absolute Gasteiger partial charge is 0.353 e. The van der Waals surface area contributed by atoms with Gasteiger partial charge in [0.25, 0.3) is 0 Å². The third kappa shape index (κ3) is 3.10. The van der Waals surface area contributed by atoms with E-state index in [4.69, 9.17) is 0 Å². The van der Waals surface area contributed by atoms with Crippen molar-refractivity contribution < 1.29 is 13.2 Å². The molecule has 0 N–H and O–H groups in total. The Morgan fingerprint density at radius 2 is 1.96 bits per heavy atom. The molecule has 0 amide bonds. The predicted octanol–water partition coefficient (Wildman–Crippen LogP) is 2.13. The van der Waals surface area contributed by atoms with E-state index in [-0.39, 0.29) is 17.7 Å². The normalized spacial score (nSPS) is 15.1. The highest BCUT2D eigenvalue weighted by atomic mass is 19.4. The minimum Gasteiger partial charge on any atom is -0.353 e. The second kappa shape index (κ2) is 6.57. The Hall–Kier alpha value is -2.98. The first-order valence-corrected chi connectivity index (χ1v) is 8.87. The van der Waals surface area contributed by atoms with Crippen LogP contribution in [0.15, 0.2) is 18.5 Å². The summed E-state index contributed by atoms with van der Waals surface area (Å²) in [7, 11) is 1.74. The maximum Gasteiger partial charge on any atom is 0.433 e. The Labute approximate surface area is 159 Å². The van der Waals surface area contributed by atoms with Gasteiger partial charge in [-0.25, -0.2) is 15.0 Å². The van der Waals surface area contributed by atoms with Crippen molar-refractivity contribution in [1.82, 2.24) is 29.5 Å². The van der Waals surface area contributed by atoms with E-state index in [0.29, 0.717) is 24.6 Å². The Morgan fingerprint density at radius 1 is 1.21 bits per heavy atom. The van der Waals surface area contributed by atoms with Crippen molar-refractivity contribution >= 4 is 17.3 Å². The molecule has 11 heteroatoms. The third-order valence-corrected chi connectivity index (χ3v) is 4.88. The zero-order valence-corrected chi connectivity index (χ0v) is 15.6. The lowest BCUT2D eigenvalue weighted by atomic mass is 10.1. The summed E-state index contributed by atoms with van der Waals surface area (Å²) in [5.41, 5.74) is -0.252. The van der Waals surface area contributed by atoms with Crippen molar-refractivity contribution in [3.63, 3.8) is 0 Å². The Morgan fingerprint density at radius 3 is 2.64 bits per heavy atom. The van der Waals surface area contributed by atoms with Gasteiger partial charge in [0.05, 0.1) is 6.04 Å². The molecule has 28 heavy (non-hydrogen) atoms. The number of anilines is 2. The van der Waals surface area contributed by atoms with E-state index in [1.165, 1.54) is 6.92 Å². The highest BCUT2D eigenvalue weighted by molar-refractivity contribution is 5.66. The van der Waals surface area contributed by atoms with Gasteiger partial charge < -0.3 is 9.80 Å². The average Bonchev–Trinajstić information content (AvgIpc) is 3.03. The Bertz CT molecular complexity index is 1010. The number of fused-ring (bicyclic) bond motifs is 1. The number of aromatic nitrogens is 6. The molecule has 0 atom stereocenters. The number of hydrogen-bond donors (Lipinski definition) is 0. The van der Waals surface area contributed by atoms with E-state index in [1.54, 1.807) is 18.1 Å². The van der Waals surface area contributed by atoms with Gasteiger partial charge in [0, 0.05) is 45.0 Å². The number of hydrogen-bond acceptors (Lipinski definition) is 7. The molecule has 3 aromatic rings. The maximum absolute atomic E-state index is 13.0. The van der Waals surface area contributed by atoms with Crippen LogP contribution in [0.5, 0.6) is 0 Å². The average molecular weight is 392 g/mol. The van der Waals surface area contributed by atoms with E-state index in [2.05, 4.69) is 25.1 Å². The van der Waals surface area contributed by atoms with Gasteiger partial charge in [0.2, 0.25) is 5.65 Å². The van der Waals surface area contributed by atoms with E-state index in [9.17, 15) is 13.2 Å². The van der Waals surface area contributed by atoms with Crippen molar-refractivity contribution in [2.45, 2.75) is 32.5 Å². The van der Waals surface area contributed by atoms with Gasteiger partial charge in [-0.15, -0.1) is 10.2 Å². The fourth-order valence-corrected chi connectivity index (χ4v) is 3.26. The first-order chi connectivity index (χ1) is 13.3. The Balaban J connectivity index is 1.53. The fourth-order valence-electron chi connectivity index (χ4n) is 3.26. The molecule has 0 unspecified atom stereocenters. The van der Waals surface area contributed by atoms with Crippen molar-refractivity contribution in [3.8, 4) is 0 Å². The molecular weight excluding hydrogens is 373 g/mol. The second-order valence-corrected chi connectivity index (χ2v) is 6.74. The number of alkyl halides is 3. The van der Waals surface area contributed by atoms with Crippen molar-refractivity contribution in [2.75, 3.05) is 29.9 Å². The van der Waals surface area contributed by atoms with Crippen LogP contribution in [0.2, 0.25) is 0 Å². The number of rotatable bonds is 4. The van der Waals surface area contributed by atoms with Gasteiger partial charge in [-0.1, -0.05) is 6.92 Å². The molecule has 148 valence electrons. The summed E-state index contributed by atoms with van der Waals surface area (Å²) in [5, 5.41) is 8.39. The lowest BCUT2D eigenvalue weighted by Gasteiger charge is -2.45. The van der Waals surface area contributed by atoms with Crippen LogP contribution in [0, 0.1) is 6.92 Å². The van der Waals surface area contributed by atoms with Crippen LogP contribution in [0.25, 0.3) is 5.65 Å². The molecule has 1 aliphatic rings. The van der Waals surface area contributed by atoms with Crippen LogP contribution < -0.4 is 9.80 Å². The van der Waals surface area contributed by atoms with Crippen LogP contribution in [-0.2, 0) is 12.6 Å². The quantitative estimate of drug-likeness (QED) is 0.673. The predicted molar refractivity (Wildman–Crippen MR) is 96.3 cm³/mol. The summed E-state index contributed by atoms with van der Waals surface area (Å²) in [6.07, 6.45) is -0.224. The zero-order valence-electron chi connectivity index (χ0n) is 15.6. The number of aryl methyl sites for hydroxylation is 2. The molecule has 1 fully saturated rings. The molecule has 0 radical (unpaired) electrons. The fraction of sp³-hybridized carbons (Fsp3) is 0.471. The minimum atomic E-state index is -4.50. The van der Waals surface area contributed by atoms with Gasteiger partial charge in [0.1, 0.15) is 23.2 Å². The molecule has 0 aliphatic carbocycles. The van der Waals surface area contributed by atoms with Crippen LogP contribution in [0.4, 0.5) is 24.8 Å². The molecule has 3 aromatic heterocycles. The van der Waals surface area contributed by atoms with E-state index in [1.807, 2.05) is 22.4 Å². The largest absolute Gasteiger partial charge is 0.433 e. The monoisotopic (exact) mass is 392 g/mol. The van der Waals surface area contributed by atoms with Crippen LogP contribution in [0.3, 0.4) is 0 Å². The number of nitrogens with zero attached hydrogens (tertiary/aromatic N) is 8. The van der Waals surface area contributed by atoms with Gasteiger partial charge in [-0.3, -0.25) is 4.40 Å². The van der Waals surface area contributed by atoms with Crippen LogP contribution >= 0.6 is 0 Å². The van der Waals surface area contributed by atoms with Gasteiger partial charge in [-0.2, -0.15) is 13.2 Å². The van der Waals surface area contributed by atoms with Crippen LogP contribution in [-0.4, -0.2) is 55.7 Å². The highest BCUT2D eigenvalue weighted by Gasteiger charge is 2.36. The van der Waals surface area contributed by atoms with Gasteiger partial charge >= 0.3 is 6.18 Å². The summed E-state index contributed by atoms with van der Waals surface area (Å²) < 4.78 is 41.0. The zero-order chi connectivity index (χ0) is 20.1. The van der Waals surface area contributed by atoms with E-state index < -0.39 is 11.9 Å². The van der Waals surface area contributed by atoms with Crippen molar-refractivity contribution in [3.05, 3.63) is 35.8 Å². The van der Waals surface area contributed by atoms with Crippen molar-refractivity contribution in [2.24, 2.45) is 0 Å². The first kappa shape index (κ1) is 18.4. The molecule has 4 rings (SSSR count). The lowest BCUT2D eigenvalue weighted by molar-refractivity contribution is -0.141. The topological polar surface area (TPSA) is 75.3 Å². The summed E-state index contributed by atoms with van der Waals surface area (Å²) >= 11 is 0. The molecule has 0 saturated carbocycles.